The van der Waals surface area contributed by atoms with Crippen LogP contribution >= 0.6 is 0 Å². The first-order valence-corrected chi connectivity index (χ1v) is 8.54. The van der Waals surface area contributed by atoms with Gasteiger partial charge in [-0.2, -0.15) is 0 Å². The maximum atomic E-state index is 12.4. The van der Waals surface area contributed by atoms with Gasteiger partial charge in [0.2, 0.25) is 0 Å². The van der Waals surface area contributed by atoms with E-state index < -0.39 is 10.8 Å². The number of benzene rings is 2. The van der Waals surface area contributed by atoms with E-state index in [9.17, 15) is 4.21 Å². The van der Waals surface area contributed by atoms with Crippen molar-refractivity contribution in [3.63, 3.8) is 0 Å². The minimum atomic E-state index is -0.978. The van der Waals surface area contributed by atoms with Crippen molar-refractivity contribution < 1.29 is 4.21 Å². The van der Waals surface area contributed by atoms with E-state index in [1.165, 1.54) is 0 Å². The Bertz CT molecular complexity index is 862. The summed E-state index contributed by atoms with van der Waals surface area (Å²) < 4.78 is 12.4. The Balaban J connectivity index is 1.94. The summed E-state index contributed by atoms with van der Waals surface area (Å²) in [6.45, 7) is 0. The van der Waals surface area contributed by atoms with Crippen LogP contribution in [0, 0.1) is 0 Å². The van der Waals surface area contributed by atoms with E-state index in [-0.39, 0.29) is 0 Å². The van der Waals surface area contributed by atoms with Gasteiger partial charge in [0.15, 0.2) is 5.82 Å². The highest BCUT2D eigenvalue weighted by Gasteiger charge is 2.21. The predicted molar refractivity (Wildman–Crippen MR) is 87.9 cm³/mol. The molecule has 1 unspecified atom stereocenters. The second kappa shape index (κ2) is 5.46. The molecule has 4 heteroatoms. The highest BCUT2D eigenvalue weighted by Crippen LogP contribution is 2.32. The van der Waals surface area contributed by atoms with E-state index in [1.807, 2.05) is 60.8 Å². The van der Waals surface area contributed by atoms with Gasteiger partial charge in [-0.3, -0.25) is 4.21 Å². The standard InChI is InChI=1S/C18H14N2OS/c21-22-11-10-14-12-19-18(13-6-2-1-3-7-13)20-17(14)15-8-4-5-9-16(15)22/h1-9,12H,10-11H2. The zero-order valence-corrected chi connectivity index (χ0v) is 12.7. The summed E-state index contributed by atoms with van der Waals surface area (Å²) in [6, 6.07) is 17.8. The van der Waals surface area contributed by atoms with Crippen LogP contribution in [0.15, 0.2) is 65.7 Å². The van der Waals surface area contributed by atoms with Crippen LogP contribution in [0.2, 0.25) is 0 Å². The zero-order chi connectivity index (χ0) is 14.9. The SMILES string of the molecule is O=S1CCc2cnc(-c3ccccc3)nc2-c2ccccc21. The Morgan fingerprint density at radius 1 is 0.955 bits per heavy atom. The third-order valence-corrected chi connectivity index (χ3v) is 5.26. The fourth-order valence-corrected chi connectivity index (χ4v) is 3.99. The molecule has 0 N–H and O–H groups in total. The number of hydrogen-bond donors (Lipinski definition) is 0. The van der Waals surface area contributed by atoms with Gasteiger partial charge in [-0.25, -0.2) is 9.97 Å². The summed E-state index contributed by atoms with van der Waals surface area (Å²) >= 11 is 0. The largest absolute Gasteiger partial charge is 0.254 e. The lowest BCUT2D eigenvalue weighted by atomic mass is 10.1. The molecule has 0 bridgehead atoms. The first kappa shape index (κ1) is 13.3. The summed E-state index contributed by atoms with van der Waals surface area (Å²) in [5, 5.41) is 0. The summed E-state index contributed by atoms with van der Waals surface area (Å²) in [7, 11) is -0.978. The monoisotopic (exact) mass is 306 g/mol. The molecule has 0 amide bonds. The van der Waals surface area contributed by atoms with Gasteiger partial charge in [0.25, 0.3) is 0 Å². The fraction of sp³-hybridized carbons (Fsp3) is 0.111. The molecule has 0 aliphatic carbocycles. The van der Waals surface area contributed by atoms with E-state index in [2.05, 4.69) is 4.98 Å². The number of rotatable bonds is 1. The topological polar surface area (TPSA) is 42.9 Å². The lowest BCUT2D eigenvalue weighted by molar-refractivity contribution is 0.683. The molecule has 1 atom stereocenters. The molecule has 3 nitrogen and oxygen atoms in total. The van der Waals surface area contributed by atoms with Crippen LogP contribution < -0.4 is 0 Å². The Morgan fingerprint density at radius 2 is 1.73 bits per heavy atom. The molecule has 4 rings (SSSR count). The molecule has 108 valence electrons. The van der Waals surface area contributed by atoms with Gasteiger partial charge < -0.3 is 0 Å². The molecule has 0 saturated heterocycles. The molecule has 1 aromatic heterocycles. The van der Waals surface area contributed by atoms with Crippen molar-refractivity contribution in [3.05, 3.63) is 66.4 Å². The van der Waals surface area contributed by atoms with Crippen molar-refractivity contribution >= 4 is 10.8 Å². The van der Waals surface area contributed by atoms with Crippen LogP contribution in [0.25, 0.3) is 22.6 Å². The molecule has 3 aromatic rings. The smallest absolute Gasteiger partial charge is 0.159 e. The molecule has 1 aliphatic heterocycles. The van der Waals surface area contributed by atoms with E-state index in [4.69, 9.17) is 4.98 Å². The van der Waals surface area contributed by atoms with Gasteiger partial charge in [0.1, 0.15) is 0 Å². The fourth-order valence-electron chi connectivity index (χ4n) is 2.72. The molecule has 0 radical (unpaired) electrons. The molecule has 2 heterocycles. The number of hydrogen-bond acceptors (Lipinski definition) is 3. The summed E-state index contributed by atoms with van der Waals surface area (Å²) in [5.74, 6) is 1.33. The van der Waals surface area contributed by atoms with Crippen molar-refractivity contribution in [2.45, 2.75) is 11.3 Å². The minimum absolute atomic E-state index is 0.623. The van der Waals surface area contributed by atoms with Gasteiger partial charge in [-0.1, -0.05) is 48.5 Å². The van der Waals surface area contributed by atoms with Gasteiger partial charge in [0.05, 0.1) is 16.5 Å². The molecule has 0 spiro atoms. The van der Waals surface area contributed by atoms with Crippen LogP contribution in [0.1, 0.15) is 5.56 Å². The third kappa shape index (κ3) is 2.25. The normalized spacial score (nSPS) is 16.5. The van der Waals surface area contributed by atoms with E-state index in [1.54, 1.807) is 0 Å². The van der Waals surface area contributed by atoms with Crippen LogP contribution in [0.3, 0.4) is 0 Å². The predicted octanol–water partition coefficient (Wildman–Crippen LogP) is 3.47. The third-order valence-electron chi connectivity index (χ3n) is 3.84. The Hall–Kier alpha value is -2.33. The molecular weight excluding hydrogens is 292 g/mol. The van der Waals surface area contributed by atoms with E-state index in [0.29, 0.717) is 11.6 Å². The van der Waals surface area contributed by atoms with Gasteiger partial charge >= 0.3 is 0 Å². The molecule has 0 saturated carbocycles. The van der Waals surface area contributed by atoms with Gasteiger partial charge in [-0.15, -0.1) is 0 Å². The van der Waals surface area contributed by atoms with Crippen molar-refractivity contribution in [1.82, 2.24) is 9.97 Å². The van der Waals surface area contributed by atoms with Crippen LogP contribution in [0.4, 0.5) is 0 Å². The zero-order valence-electron chi connectivity index (χ0n) is 11.9. The quantitative estimate of drug-likeness (QED) is 0.691. The second-order valence-electron chi connectivity index (χ2n) is 5.23. The van der Waals surface area contributed by atoms with Crippen molar-refractivity contribution in [1.29, 1.82) is 0 Å². The molecule has 1 aliphatic rings. The number of nitrogens with zero attached hydrogens (tertiary/aromatic N) is 2. The molecule has 0 fully saturated rings. The first-order valence-electron chi connectivity index (χ1n) is 7.22. The summed E-state index contributed by atoms with van der Waals surface area (Å²) in [5.41, 5.74) is 3.94. The first-order chi connectivity index (χ1) is 10.8. The maximum absolute atomic E-state index is 12.4. The Labute approximate surface area is 131 Å². The number of fused-ring (bicyclic) bond motifs is 3. The molecular formula is C18H14N2OS. The number of aryl methyl sites for hydroxylation is 1. The maximum Gasteiger partial charge on any atom is 0.159 e. The highest BCUT2D eigenvalue weighted by molar-refractivity contribution is 7.85. The van der Waals surface area contributed by atoms with Crippen molar-refractivity contribution in [2.75, 3.05) is 5.75 Å². The average molecular weight is 306 g/mol. The van der Waals surface area contributed by atoms with E-state index >= 15 is 0 Å². The average Bonchev–Trinajstić information content (AvgIpc) is 2.73. The minimum Gasteiger partial charge on any atom is -0.254 e. The number of aromatic nitrogens is 2. The highest BCUT2D eigenvalue weighted by atomic mass is 32.2. The Kier molecular flexibility index (Phi) is 3.31. The van der Waals surface area contributed by atoms with Crippen LogP contribution in [-0.4, -0.2) is 19.9 Å². The lowest BCUT2D eigenvalue weighted by Gasteiger charge is -2.09. The van der Waals surface area contributed by atoms with E-state index in [0.717, 1.165) is 33.7 Å². The van der Waals surface area contributed by atoms with Crippen molar-refractivity contribution in [3.8, 4) is 22.6 Å². The lowest BCUT2D eigenvalue weighted by Crippen LogP contribution is -1.99. The van der Waals surface area contributed by atoms with Gasteiger partial charge in [0, 0.05) is 28.0 Å². The Morgan fingerprint density at radius 3 is 2.59 bits per heavy atom. The summed E-state index contributed by atoms with van der Waals surface area (Å²) in [4.78, 5) is 10.1. The summed E-state index contributed by atoms with van der Waals surface area (Å²) in [6.07, 6.45) is 2.62. The molecule has 2 aromatic carbocycles. The van der Waals surface area contributed by atoms with Gasteiger partial charge in [-0.05, 0) is 18.1 Å². The van der Waals surface area contributed by atoms with Crippen LogP contribution in [-0.2, 0) is 17.2 Å². The van der Waals surface area contributed by atoms with Crippen molar-refractivity contribution in [2.24, 2.45) is 0 Å². The molecule has 22 heavy (non-hydrogen) atoms. The van der Waals surface area contributed by atoms with Crippen LogP contribution in [0.5, 0.6) is 0 Å². The second-order valence-corrected chi connectivity index (χ2v) is 6.77.